The van der Waals surface area contributed by atoms with Gasteiger partial charge in [0.15, 0.2) is 0 Å². The van der Waals surface area contributed by atoms with Crippen molar-refractivity contribution < 1.29 is 48.0 Å². The molecule has 3 aromatic rings. The second-order valence-corrected chi connectivity index (χ2v) is 15.9. The fraction of sp³-hybridized carbons (Fsp3) is 0.449. The van der Waals surface area contributed by atoms with Crippen LogP contribution in [0.4, 0.5) is 14.0 Å². The highest BCUT2D eigenvalue weighted by atomic mass is 19.1. The largest absolute Gasteiger partial charge is 0.459 e. The Labute approximate surface area is 364 Å². The number of allylic oxidation sites excluding steroid dienone is 1. The molecule has 2 amide bonds. The van der Waals surface area contributed by atoms with Crippen molar-refractivity contribution in [1.82, 2.24) is 10.2 Å². The predicted molar refractivity (Wildman–Crippen MR) is 234 cm³/mol. The van der Waals surface area contributed by atoms with Crippen molar-refractivity contribution in [2.75, 3.05) is 33.0 Å². The zero-order chi connectivity index (χ0) is 43.9. The van der Waals surface area contributed by atoms with E-state index in [9.17, 15) is 24.2 Å². The smallest absolute Gasteiger partial charge is 0.412 e. The van der Waals surface area contributed by atoms with Gasteiger partial charge >= 0.3 is 12.2 Å². The number of nitrogens with zero attached hydrogens (tertiary/aromatic N) is 2. The highest BCUT2D eigenvalue weighted by molar-refractivity contribution is 6.03. The maximum atomic E-state index is 14.5. The zero-order valence-electron chi connectivity index (χ0n) is 35.6. The zero-order valence-corrected chi connectivity index (χ0v) is 35.6. The lowest BCUT2D eigenvalue weighted by molar-refractivity contribution is -0.256. The highest BCUT2D eigenvalue weighted by Crippen LogP contribution is 2.62. The van der Waals surface area contributed by atoms with E-state index in [1.807, 2.05) is 43.3 Å². The van der Waals surface area contributed by atoms with Crippen LogP contribution in [0.1, 0.15) is 80.9 Å². The van der Waals surface area contributed by atoms with Gasteiger partial charge in [-0.25, -0.2) is 14.0 Å². The van der Waals surface area contributed by atoms with E-state index in [1.54, 1.807) is 41.3 Å². The number of hydrogen-bond acceptors (Lipinski definition) is 10. The van der Waals surface area contributed by atoms with E-state index >= 15 is 0 Å². The van der Waals surface area contributed by atoms with E-state index in [0.29, 0.717) is 48.6 Å². The fourth-order valence-corrected chi connectivity index (χ4v) is 9.17. The van der Waals surface area contributed by atoms with Gasteiger partial charge in [-0.2, -0.15) is 0 Å². The molecule has 0 unspecified atom stereocenters. The molecule has 0 bridgehead atoms. The summed E-state index contributed by atoms with van der Waals surface area (Å²) in [5, 5.41) is 27.4. The summed E-state index contributed by atoms with van der Waals surface area (Å²) in [6, 6.07) is 20.0. The molecule has 6 atom stereocenters. The number of aliphatic hydroxyl groups is 2. The first kappa shape index (κ1) is 46.0. The Morgan fingerprint density at radius 2 is 1.74 bits per heavy atom. The number of halogens is 1. The molecule has 6 rings (SSSR count). The summed E-state index contributed by atoms with van der Waals surface area (Å²) in [5.74, 6) is -2.15. The second kappa shape index (κ2) is 22.6. The normalized spacial score (nSPS) is 22.9. The first-order chi connectivity index (χ1) is 30.3. The van der Waals surface area contributed by atoms with Crippen LogP contribution in [-0.2, 0) is 27.4 Å². The molecule has 0 aromatic heterocycles. The maximum Gasteiger partial charge on any atom is 0.412 e. The molecule has 0 saturated heterocycles. The number of carbonyl (C=O) groups is 2. The number of ether oxygens (including phenoxy) is 4. The van der Waals surface area contributed by atoms with Crippen LogP contribution in [-0.4, -0.2) is 77.9 Å². The van der Waals surface area contributed by atoms with Gasteiger partial charge in [0.05, 0.1) is 24.8 Å². The van der Waals surface area contributed by atoms with Gasteiger partial charge in [-0.1, -0.05) is 78.7 Å². The minimum absolute atomic E-state index is 0.000793. The van der Waals surface area contributed by atoms with Crippen molar-refractivity contribution in [3.05, 3.63) is 132 Å². The molecule has 0 radical (unpaired) electrons. The highest BCUT2D eigenvalue weighted by Gasteiger charge is 2.65. The molecule has 12 nitrogen and oxygen atoms in total. The molecular formula is C49H60FN3O9. The Morgan fingerprint density at radius 3 is 2.45 bits per heavy atom. The van der Waals surface area contributed by atoms with Crippen molar-refractivity contribution >= 4 is 17.9 Å². The van der Waals surface area contributed by atoms with E-state index < -0.39 is 35.8 Å². The van der Waals surface area contributed by atoms with Gasteiger partial charge in [-0.3, -0.25) is 4.90 Å². The molecule has 1 fully saturated rings. The standard InChI is InChI=1S/C49H60FN3O9/c1-4-7-28-58-48(57)53(33-35-19-21-37(50)22-20-35)44-31-42(52-60-6-3)40-29-36(17-11-13-25-54)39(18-12-14-26-55)45-41-30-38(61-47(56)51-32-34-15-9-8-10-16-34)23-24-43(41)62-49(44,46(40)45)59-27-5-2/h4-5,8-10,15-16,19-24,29-30,36,39,44-46,54-55H,1-2,6-7,11-14,17-18,25-28,31-33H2,3H3,(H,51,56)/t36-,39+,44-,45+,46+,49+/m0/s1. The van der Waals surface area contributed by atoms with Crippen molar-refractivity contribution in [2.45, 2.75) is 89.1 Å². The molecule has 3 aliphatic rings. The molecule has 62 heavy (non-hydrogen) atoms. The third-order valence-corrected chi connectivity index (χ3v) is 11.9. The van der Waals surface area contributed by atoms with Gasteiger partial charge in [0.2, 0.25) is 5.79 Å². The summed E-state index contributed by atoms with van der Waals surface area (Å²) >= 11 is 0. The van der Waals surface area contributed by atoms with Gasteiger partial charge in [-0.15, -0.1) is 13.2 Å². The van der Waals surface area contributed by atoms with Crippen LogP contribution in [0, 0.1) is 23.6 Å². The van der Waals surface area contributed by atoms with Gasteiger partial charge in [0.25, 0.3) is 0 Å². The minimum Gasteiger partial charge on any atom is -0.459 e. The summed E-state index contributed by atoms with van der Waals surface area (Å²) in [4.78, 5) is 35.1. The summed E-state index contributed by atoms with van der Waals surface area (Å²) in [6.45, 7) is 10.5. The average molecular weight is 854 g/mol. The van der Waals surface area contributed by atoms with Crippen molar-refractivity contribution in [2.24, 2.45) is 22.9 Å². The van der Waals surface area contributed by atoms with E-state index in [2.05, 4.69) is 24.6 Å². The summed E-state index contributed by atoms with van der Waals surface area (Å²) in [7, 11) is 0. The lowest BCUT2D eigenvalue weighted by Crippen LogP contribution is -2.70. The van der Waals surface area contributed by atoms with Crippen LogP contribution in [0.2, 0.25) is 0 Å². The molecule has 13 heteroatoms. The second-order valence-electron chi connectivity index (χ2n) is 15.9. The number of oxime groups is 1. The average Bonchev–Trinajstić information content (AvgIpc) is 3.28. The number of hydrogen-bond donors (Lipinski definition) is 3. The Kier molecular flexibility index (Phi) is 16.7. The lowest BCUT2D eigenvalue weighted by Gasteiger charge is -2.59. The maximum absolute atomic E-state index is 14.5. The molecule has 3 aromatic carbocycles. The van der Waals surface area contributed by atoms with Gasteiger partial charge in [0, 0.05) is 44.2 Å². The Morgan fingerprint density at radius 1 is 0.984 bits per heavy atom. The Bertz CT molecular complexity index is 2030. The first-order valence-electron chi connectivity index (χ1n) is 21.8. The molecule has 1 saturated carbocycles. The minimum atomic E-state index is -1.55. The van der Waals surface area contributed by atoms with Crippen LogP contribution in [0.3, 0.4) is 0 Å². The van der Waals surface area contributed by atoms with E-state index in [-0.39, 0.29) is 63.7 Å². The molecular weight excluding hydrogens is 794 g/mol. The van der Waals surface area contributed by atoms with Crippen LogP contribution in [0.15, 0.2) is 115 Å². The number of amides is 2. The van der Waals surface area contributed by atoms with Crippen LogP contribution in [0.25, 0.3) is 0 Å². The van der Waals surface area contributed by atoms with Crippen LogP contribution in [0.5, 0.6) is 11.5 Å². The van der Waals surface area contributed by atoms with Gasteiger partial charge in [0.1, 0.15) is 30.0 Å². The number of carbonyl (C=O) groups excluding carboxylic acids is 2. The van der Waals surface area contributed by atoms with E-state index in [1.165, 1.54) is 12.1 Å². The van der Waals surface area contributed by atoms with Crippen molar-refractivity contribution in [1.29, 1.82) is 0 Å². The van der Waals surface area contributed by atoms with Crippen molar-refractivity contribution in [3.8, 4) is 11.5 Å². The van der Waals surface area contributed by atoms with Gasteiger partial charge in [-0.05, 0) is 97.9 Å². The third-order valence-electron chi connectivity index (χ3n) is 11.9. The topological polar surface area (TPSA) is 148 Å². The number of rotatable bonds is 22. The monoisotopic (exact) mass is 853 g/mol. The molecule has 2 aliphatic carbocycles. The van der Waals surface area contributed by atoms with Crippen LogP contribution < -0.4 is 14.8 Å². The van der Waals surface area contributed by atoms with E-state index in [0.717, 1.165) is 42.4 Å². The number of aliphatic hydroxyl groups excluding tert-OH is 2. The summed E-state index contributed by atoms with van der Waals surface area (Å²) in [5.41, 5.74) is 3.85. The number of fused-ring (bicyclic) bond motifs is 2. The molecule has 0 spiro atoms. The first-order valence-corrected chi connectivity index (χ1v) is 21.8. The third kappa shape index (κ3) is 10.9. The molecule has 332 valence electrons. The Balaban J connectivity index is 1.54. The number of benzene rings is 3. The number of nitrogens with one attached hydrogen (secondary N) is 1. The molecule has 1 aliphatic heterocycles. The van der Waals surface area contributed by atoms with Crippen molar-refractivity contribution in [3.63, 3.8) is 0 Å². The fourth-order valence-electron chi connectivity index (χ4n) is 9.17. The molecule has 3 N–H and O–H groups in total. The quantitative estimate of drug-likeness (QED) is 0.0512. The lowest BCUT2D eigenvalue weighted by atomic mass is 9.55. The Hall–Kier alpha value is -5.50. The predicted octanol–water partition coefficient (Wildman–Crippen LogP) is 8.98. The van der Waals surface area contributed by atoms with Gasteiger partial charge < -0.3 is 39.3 Å². The number of unbranched alkanes of at least 4 members (excludes halogenated alkanes) is 2. The summed E-state index contributed by atoms with van der Waals surface area (Å²) < 4.78 is 40.3. The molecule has 1 heterocycles. The van der Waals surface area contributed by atoms with E-state index in [4.69, 9.17) is 28.9 Å². The summed E-state index contributed by atoms with van der Waals surface area (Å²) in [6.07, 6.45) is 9.13. The SMILES string of the molecule is C=CCCOC(=O)N(Cc1ccc(F)cc1)[C@H]1CC(=NOCC)C2=C[C@H](CCCCO)[C@@H](CCCCO)[C@@H]3c4cc(OC(=O)NCc5ccccc5)ccc4O[C@@]1(OCC=C)[C@H]23. The van der Waals surface area contributed by atoms with Crippen LogP contribution >= 0.6 is 0 Å².